The highest BCUT2D eigenvalue weighted by molar-refractivity contribution is 6.03. The maximum atomic E-state index is 11.8. The van der Waals surface area contributed by atoms with E-state index in [2.05, 4.69) is 4.98 Å². The fourth-order valence-corrected chi connectivity index (χ4v) is 2.65. The molecule has 2 aromatic heterocycles. The summed E-state index contributed by atoms with van der Waals surface area (Å²) < 4.78 is 12.6. The summed E-state index contributed by atoms with van der Waals surface area (Å²) in [5.41, 5.74) is 2.31. The van der Waals surface area contributed by atoms with Crippen LogP contribution >= 0.6 is 0 Å². The average molecular weight is 286 g/mol. The van der Waals surface area contributed by atoms with E-state index in [1.54, 1.807) is 7.11 Å². The summed E-state index contributed by atoms with van der Waals surface area (Å²) in [4.78, 5) is 15.8. The zero-order chi connectivity index (χ0) is 15.0. The van der Waals surface area contributed by atoms with Crippen LogP contribution in [0.15, 0.2) is 33.6 Å². The first kappa shape index (κ1) is 13.8. The van der Waals surface area contributed by atoms with E-state index in [1.165, 1.54) is 0 Å². The summed E-state index contributed by atoms with van der Waals surface area (Å²) in [6.45, 7) is 5.36. The van der Waals surface area contributed by atoms with E-state index in [9.17, 15) is 4.79 Å². The van der Waals surface area contributed by atoms with E-state index in [0.29, 0.717) is 18.7 Å². The highest BCUT2D eigenvalue weighted by atomic mass is 16.5. The Balaban J connectivity index is 2.36. The molecule has 0 bridgehead atoms. The smallest absolute Gasteiger partial charge is 0.406 e. The molecule has 3 rings (SSSR count). The molecule has 0 fully saturated rings. The van der Waals surface area contributed by atoms with Crippen LogP contribution in [0.5, 0.6) is 0 Å². The predicted octanol–water partition coefficient (Wildman–Crippen LogP) is 2.91. The van der Waals surface area contributed by atoms with Crippen molar-refractivity contribution in [3.05, 3.63) is 40.6 Å². The highest BCUT2D eigenvalue weighted by Crippen LogP contribution is 2.29. The standard InChI is InChI=1S/C16H18N2O3/c1-10(2)13-12-5-4-11-6-7-18(8-9-20-3)14(11)15(12)21-16(19)17-13/h4-7,10H,8-9H2,1-3H3. The third kappa shape index (κ3) is 2.34. The predicted molar refractivity (Wildman–Crippen MR) is 81.7 cm³/mol. The van der Waals surface area contributed by atoms with E-state index >= 15 is 0 Å². The van der Waals surface area contributed by atoms with Crippen LogP contribution in [-0.2, 0) is 11.3 Å². The Morgan fingerprint density at radius 3 is 2.86 bits per heavy atom. The largest absolute Gasteiger partial charge is 0.439 e. The van der Waals surface area contributed by atoms with Crippen LogP contribution in [0.1, 0.15) is 25.5 Å². The highest BCUT2D eigenvalue weighted by Gasteiger charge is 2.15. The summed E-state index contributed by atoms with van der Waals surface area (Å²) in [5.74, 6) is -0.380. The molecule has 0 unspecified atom stereocenters. The van der Waals surface area contributed by atoms with Crippen LogP contribution in [0.4, 0.5) is 0 Å². The molecule has 0 saturated heterocycles. The van der Waals surface area contributed by atoms with Crippen LogP contribution in [0.25, 0.3) is 21.9 Å². The van der Waals surface area contributed by atoms with Crippen LogP contribution in [0, 0.1) is 0 Å². The summed E-state index contributed by atoms with van der Waals surface area (Å²) in [7, 11) is 1.67. The molecule has 3 aromatic rings. The van der Waals surface area contributed by atoms with Gasteiger partial charge in [-0.3, -0.25) is 0 Å². The van der Waals surface area contributed by atoms with Gasteiger partial charge in [0, 0.05) is 30.6 Å². The number of hydrogen-bond acceptors (Lipinski definition) is 4. The van der Waals surface area contributed by atoms with Crippen LogP contribution in [0.3, 0.4) is 0 Å². The lowest BCUT2D eigenvalue weighted by atomic mass is 10.0. The maximum Gasteiger partial charge on any atom is 0.439 e. The molecule has 1 aromatic carbocycles. The second-order valence-electron chi connectivity index (χ2n) is 5.40. The molecule has 5 heteroatoms. The van der Waals surface area contributed by atoms with Gasteiger partial charge in [-0.05, 0) is 18.1 Å². The van der Waals surface area contributed by atoms with Crippen molar-refractivity contribution in [2.24, 2.45) is 0 Å². The Morgan fingerprint density at radius 2 is 2.14 bits per heavy atom. The average Bonchev–Trinajstić information content (AvgIpc) is 2.87. The van der Waals surface area contributed by atoms with Gasteiger partial charge in [0.1, 0.15) is 0 Å². The molecule has 0 atom stereocenters. The van der Waals surface area contributed by atoms with Crippen LogP contribution < -0.4 is 5.76 Å². The number of rotatable bonds is 4. The van der Waals surface area contributed by atoms with Crippen molar-refractivity contribution in [2.45, 2.75) is 26.3 Å². The molecule has 21 heavy (non-hydrogen) atoms. The Kier molecular flexibility index (Phi) is 3.51. The molecule has 0 spiro atoms. The molecule has 0 aliphatic carbocycles. The third-order valence-corrected chi connectivity index (χ3v) is 3.64. The Hall–Kier alpha value is -2.14. The van der Waals surface area contributed by atoms with Crippen molar-refractivity contribution in [1.82, 2.24) is 9.55 Å². The van der Waals surface area contributed by atoms with Gasteiger partial charge in [0.2, 0.25) is 0 Å². The quantitative estimate of drug-likeness (QED) is 0.740. The van der Waals surface area contributed by atoms with Gasteiger partial charge < -0.3 is 13.7 Å². The number of methoxy groups -OCH3 is 1. The molecular formula is C16H18N2O3. The molecule has 0 saturated carbocycles. The normalized spacial score (nSPS) is 11.8. The molecule has 110 valence electrons. The van der Waals surface area contributed by atoms with Gasteiger partial charge in [0.15, 0.2) is 5.58 Å². The second-order valence-corrected chi connectivity index (χ2v) is 5.40. The number of aromatic nitrogens is 2. The van der Waals surface area contributed by atoms with Gasteiger partial charge in [-0.25, -0.2) is 4.79 Å². The van der Waals surface area contributed by atoms with E-state index in [1.807, 2.05) is 42.8 Å². The summed E-state index contributed by atoms with van der Waals surface area (Å²) in [6, 6.07) is 6.03. The van der Waals surface area contributed by atoms with Crippen molar-refractivity contribution in [3.8, 4) is 0 Å². The van der Waals surface area contributed by atoms with Crippen LogP contribution in [-0.4, -0.2) is 23.3 Å². The van der Waals surface area contributed by atoms with E-state index in [-0.39, 0.29) is 5.92 Å². The lowest BCUT2D eigenvalue weighted by Gasteiger charge is -2.10. The first-order chi connectivity index (χ1) is 10.1. The van der Waals surface area contributed by atoms with Gasteiger partial charge in [0.25, 0.3) is 0 Å². The lowest BCUT2D eigenvalue weighted by molar-refractivity contribution is 0.188. The molecule has 0 N–H and O–H groups in total. The summed E-state index contributed by atoms with van der Waals surface area (Å²) in [6.07, 6.45) is 1.98. The van der Waals surface area contributed by atoms with Crippen molar-refractivity contribution >= 4 is 21.9 Å². The number of nitrogens with zero attached hydrogens (tertiary/aromatic N) is 2. The maximum absolute atomic E-state index is 11.8. The van der Waals surface area contributed by atoms with Crippen molar-refractivity contribution < 1.29 is 9.15 Å². The first-order valence-corrected chi connectivity index (χ1v) is 7.03. The van der Waals surface area contributed by atoms with Gasteiger partial charge in [0.05, 0.1) is 17.8 Å². The number of hydrogen-bond donors (Lipinski definition) is 0. The fraction of sp³-hybridized carbons (Fsp3) is 0.375. The Bertz CT molecular complexity index is 846. The number of benzene rings is 1. The summed E-state index contributed by atoms with van der Waals surface area (Å²) in [5, 5.41) is 1.94. The Morgan fingerprint density at radius 1 is 1.33 bits per heavy atom. The van der Waals surface area contributed by atoms with Gasteiger partial charge in [-0.15, -0.1) is 0 Å². The zero-order valence-electron chi connectivity index (χ0n) is 12.4. The van der Waals surface area contributed by atoms with Crippen molar-refractivity contribution in [3.63, 3.8) is 0 Å². The molecular weight excluding hydrogens is 268 g/mol. The number of fused-ring (bicyclic) bond motifs is 3. The minimum atomic E-state index is -0.543. The topological polar surface area (TPSA) is 57.3 Å². The van der Waals surface area contributed by atoms with Crippen molar-refractivity contribution in [1.29, 1.82) is 0 Å². The minimum absolute atomic E-state index is 0.163. The molecule has 2 heterocycles. The SMILES string of the molecule is COCCn1ccc2ccc3c(C(C)C)nc(=O)oc3c21. The first-order valence-electron chi connectivity index (χ1n) is 7.03. The van der Waals surface area contributed by atoms with Gasteiger partial charge in [-0.2, -0.15) is 4.98 Å². The second kappa shape index (κ2) is 5.33. The molecule has 0 aliphatic heterocycles. The van der Waals surface area contributed by atoms with Gasteiger partial charge in [-0.1, -0.05) is 19.9 Å². The lowest BCUT2D eigenvalue weighted by Crippen LogP contribution is -2.10. The zero-order valence-corrected chi connectivity index (χ0v) is 12.4. The molecule has 0 amide bonds. The van der Waals surface area contributed by atoms with Crippen LogP contribution in [0.2, 0.25) is 0 Å². The third-order valence-electron chi connectivity index (χ3n) is 3.64. The molecule has 5 nitrogen and oxygen atoms in total. The van der Waals surface area contributed by atoms with E-state index < -0.39 is 5.76 Å². The van der Waals surface area contributed by atoms with E-state index in [0.717, 1.165) is 22.0 Å². The minimum Gasteiger partial charge on any atom is -0.406 e. The van der Waals surface area contributed by atoms with E-state index in [4.69, 9.17) is 9.15 Å². The number of ether oxygens (including phenoxy) is 1. The van der Waals surface area contributed by atoms with Crippen molar-refractivity contribution in [2.75, 3.05) is 13.7 Å². The Labute approximate surface area is 122 Å². The monoisotopic (exact) mass is 286 g/mol. The molecule has 0 aliphatic rings. The molecule has 0 radical (unpaired) electrons. The fourth-order valence-electron chi connectivity index (χ4n) is 2.65. The van der Waals surface area contributed by atoms with Gasteiger partial charge >= 0.3 is 5.76 Å². The summed E-state index contributed by atoms with van der Waals surface area (Å²) >= 11 is 0.